The molecule has 2 rings (SSSR count). The van der Waals surface area contributed by atoms with Crippen LogP contribution in [0.25, 0.3) is 0 Å². The number of nitrogen functional groups attached to an aromatic ring is 2. The molecule has 0 fully saturated rings. The Kier molecular flexibility index (Phi) is 4.03. The summed E-state index contributed by atoms with van der Waals surface area (Å²) in [5.74, 6) is 0.906. The molecule has 0 aliphatic rings. The standard InChI is InChI=1S/C16H18N2O3/c1-9-6-14(20-2)15(21-3)8-12(9)16(19)11-5-4-10(17)7-13(11)18/h4-8H,17-18H2,1-3H3. The van der Waals surface area contributed by atoms with Crippen molar-refractivity contribution >= 4 is 17.2 Å². The van der Waals surface area contributed by atoms with Gasteiger partial charge in [-0.2, -0.15) is 0 Å². The van der Waals surface area contributed by atoms with Gasteiger partial charge in [0, 0.05) is 22.5 Å². The summed E-state index contributed by atoms with van der Waals surface area (Å²) in [6, 6.07) is 8.28. The maximum Gasteiger partial charge on any atom is 0.195 e. The van der Waals surface area contributed by atoms with Crippen LogP contribution in [0.3, 0.4) is 0 Å². The molecule has 0 amide bonds. The molecule has 5 nitrogen and oxygen atoms in total. The largest absolute Gasteiger partial charge is 0.493 e. The molecular weight excluding hydrogens is 268 g/mol. The van der Waals surface area contributed by atoms with E-state index in [1.165, 1.54) is 7.11 Å². The van der Waals surface area contributed by atoms with Crippen molar-refractivity contribution in [3.63, 3.8) is 0 Å². The fraction of sp³-hybridized carbons (Fsp3) is 0.188. The number of hydrogen-bond acceptors (Lipinski definition) is 5. The van der Waals surface area contributed by atoms with Gasteiger partial charge < -0.3 is 20.9 Å². The van der Waals surface area contributed by atoms with Gasteiger partial charge in [-0.05, 0) is 42.8 Å². The molecular formula is C16H18N2O3. The number of aryl methyl sites for hydroxylation is 1. The Hall–Kier alpha value is -2.69. The van der Waals surface area contributed by atoms with Gasteiger partial charge in [-0.3, -0.25) is 4.79 Å². The summed E-state index contributed by atoms with van der Waals surface area (Å²) >= 11 is 0. The van der Waals surface area contributed by atoms with Crippen molar-refractivity contribution in [2.24, 2.45) is 0 Å². The van der Waals surface area contributed by atoms with Gasteiger partial charge in [0.05, 0.1) is 14.2 Å². The van der Waals surface area contributed by atoms with Crippen LogP contribution in [0.1, 0.15) is 21.5 Å². The molecule has 0 saturated heterocycles. The van der Waals surface area contributed by atoms with Crippen molar-refractivity contribution in [3.8, 4) is 11.5 Å². The van der Waals surface area contributed by atoms with Crippen LogP contribution in [-0.2, 0) is 0 Å². The van der Waals surface area contributed by atoms with Crippen molar-refractivity contribution in [2.45, 2.75) is 6.92 Å². The summed E-state index contributed by atoms with van der Waals surface area (Å²) in [4.78, 5) is 12.6. The molecule has 0 aliphatic heterocycles. The molecule has 21 heavy (non-hydrogen) atoms. The Morgan fingerprint density at radius 3 is 2.14 bits per heavy atom. The molecule has 0 atom stereocenters. The first kappa shape index (κ1) is 14.7. The number of anilines is 2. The number of ketones is 1. The van der Waals surface area contributed by atoms with E-state index < -0.39 is 0 Å². The van der Waals surface area contributed by atoms with Crippen LogP contribution in [0.5, 0.6) is 11.5 Å². The van der Waals surface area contributed by atoms with Crippen LogP contribution in [0.15, 0.2) is 30.3 Å². The van der Waals surface area contributed by atoms with Gasteiger partial charge in [0.15, 0.2) is 17.3 Å². The molecule has 0 aromatic heterocycles. The number of nitrogens with two attached hydrogens (primary N) is 2. The van der Waals surface area contributed by atoms with Crippen LogP contribution >= 0.6 is 0 Å². The summed E-state index contributed by atoms with van der Waals surface area (Å²) in [7, 11) is 3.08. The van der Waals surface area contributed by atoms with E-state index in [1.807, 2.05) is 6.92 Å². The van der Waals surface area contributed by atoms with E-state index in [9.17, 15) is 4.79 Å². The number of carbonyl (C=O) groups is 1. The number of ether oxygens (including phenoxy) is 2. The van der Waals surface area contributed by atoms with Gasteiger partial charge in [-0.1, -0.05) is 0 Å². The third-order valence-electron chi connectivity index (χ3n) is 3.30. The number of benzene rings is 2. The third-order valence-corrected chi connectivity index (χ3v) is 3.30. The van der Waals surface area contributed by atoms with Gasteiger partial charge in [-0.25, -0.2) is 0 Å². The van der Waals surface area contributed by atoms with Crippen LogP contribution < -0.4 is 20.9 Å². The van der Waals surface area contributed by atoms with Gasteiger partial charge in [0.25, 0.3) is 0 Å². The third kappa shape index (κ3) is 2.76. The van der Waals surface area contributed by atoms with E-state index in [1.54, 1.807) is 37.4 Å². The van der Waals surface area contributed by atoms with Gasteiger partial charge in [0.2, 0.25) is 0 Å². The van der Waals surface area contributed by atoms with Crippen LogP contribution in [-0.4, -0.2) is 20.0 Å². The second-order valence-electron chi connectivity index (χ2n) is 4.70. The maximum atomic E-state index is 12.6. The highest BCUT2D eigenvalue weighted by Crippen LogP contribution is 2.32. The average Bonchev–Trinajstić information content (AvgIpc) is 2.46. The first-order valence-corrected chi connectivity index (χ1v) is 6.40. The van der Waals surface area contributed by atoms with Crippen molar-refractivity contribution in [3.05, 3.63) is 47.0 Å². The topological polar surface area (TPSA) is 87.6 Å². The summed E-state index contributed by atoms with van der Waals surface area (Å²) in [5.41, 5.74) is 14.1. The summed E-state index contributed by atoms with van der Waals surface area (Å²) in [6.45, 7) is 1.84. The van der Waals surface area contributed by atoms with Crippen LogP contribution in [0.4, 0.5) is 11.4 Å². The molecule has 110 valence electrons. The van der Waals surface area contributed by atoms with E-state index in [4.69, 9.17) is 20.9 Å². The minimum atomic E-state index is -0.175. The zero-order valence-electron chi connectivity index (χ0n) is 12.3. The highest BCUT2D eigenvalue weighted by Gasteiger charge is 2.18. The molecule has 0 unspecified atom stereocenters. The van der Waals surface area contributed by atoms with Crippen molar-refractivity contribution < 1.29 is 14.3 Å². The Balaban J connectivity index is 2.53. The van der Waals surface area contributed by atoms with Crippen molar-refractivity contribution in [1.82, 2.24) is 0 Å². The predicted molar refractivity (Wildman–Crippen MR) is 83.0 cm³/mol. The fourth-order valence-electron chi connectivity index (χ4n) is 2.16. The zero-order chi connectivity index (χ0) is 15.6. The summed E-state index contributed by atoms with van der Waals surface area (Å²) in [5, 5.41) is 0. The van der Waals surface area contributed by atoms with Crippen LogP contribution in [0.2, 0.25) is 0 Å². The molecule has 0 radical (unpaired) electrons. The molecule has 4 N–H and O–H groups in total. The molecule has 5 heteroatoms. The Morgan fingerprint density at radius 1 is 0.952 bits per heavy atom. The predicted octanol–water partition coefficient (Wildman–Crippen LogP) is 2.41. The Morgan fingerprint density at radius 2 is 1.57 bits per heavy atom. The molecule has 2 aromatic carbocycles. The lowest BCUT2D eigenvalue weighted by molar-refractivity contribution is 0.103. The summed E-state index contributed by atoms with van der Waals surface area (Å²) in [6.07, 6.45) is 0. The number of carbonyl (C=O) groups excluding carboxylic acids is 1. The zero-order valence-corrected chi connectivity index (χ0v) is 12.3. The highest BCUT2D eigenvalue weighted by atomic mass is 16.5. The fourth-order valence-corrected chi connectivity index (χ4v) is 2.16. The van der Waals surface area contributed by atoms with Gasteiger partial charge in [-0.15, -0.1) is 0 Å². The van der Waals surface area contributed by atoms with Gasteiger partial charge >= 0.3 is 0 Å². The lowest BCUT2D eigenvalue weighted by atomic mass is 9.97. The van der Waals surface area contributed by atoms with E-state index in [0.29, 0.717) is 34.0 Å². The smallest absolute Gasteiger partial charge is 0.195 e. The minimum Gasteiger partial charge on any atom is -0.493 e. The minimum absolute atomic E-state index is 0.175. The van der Waals surface area contributed by atoms with Crippen molar-refractivity contribution in [2.75, 3.05) is 25.7 Å². The van der Waals surface area contributed by atoms with E-state index in [-0.39, 0.29) is 5.78 Å². The second kappa shape index (κ2) is 5.75. The molecule has 2 aromatic rings. The quantitative estimate of drug-likeness (QED) is 0.665. The van der Waals surface area contributed by atoms with E-state index in [2.05, 4.69) is 0 Å². The maximum absolute atomic E-state index is 12.6. The lowest BCUT2D eigenvalue weighted by Gasteiger charge is -2.13. The number of hydrogen-bond donors (Lipinski definition) is 2. The molecule has 0 saturated carbocycles. The lowest BCUT2D eigenvalue weighted by Crippen LogP contribution is -2.08. The molecule has 0 aliphatic carbocycles. The Labute approximate surface area is 123 Å². The Bertz CT molecular complexity index is 696. The highest BCUT2D eigenvalue weighted by molar-refractivity contribution is 6.13. The number of methoxy groups -OCH3 is 2. The van der Waals surface area contributed by atoms with Crippen LogP contribution in [0, 0.1) is 6.92 Å². The monoisotopic (exact) mass is 286 g/mol. The molecule has 0 bridgehead atoms. The first-order chi connectivity index (χ1) is 9.97. The van der Waals surface area contributed by atoms with E-state index in [0.717, 1.165) is 5.56 Å². The second-order valence-corrected chi connectivity index (χ2v) is 4.70. The van der Waals surface area contributed by atoms with E-state index >= 15 is 0 Å². The van der Waals surface area contributed by atoms with Gasteiger partial charge in [0.1, 0.15) is 0 Å². The summed E-state index contributed by atoms with van der Waals surface area (Å²) < 4.78 is 10.5. The normalized spacial score (nSPS) is 10.2. The number of rotatable bonds is 4. The molecule has 0 spiro atoms. The van der Waals surface area contributed by atoms with Crippen molar-refractivity contribution in [1.29, 1.82) is 0 Å². The first-order valence-electron chi connectivity index (χ1n) is 6.40. The average molecular weight is 286 g/mol. The molecule has 0 heterocycles. The SMILES string of the molecule is COc1cc(C)c(C(=O)c2ccc(N)cc2N)cc1OC.